The zero-order chi connectivity index (χ0) is 37.0. The zero-order valence-corrected chi connectivity index (χ0v) is 31.2. The number of fused-ring (bicyclic) bond motifs is 1. The van der Waals surface area contributed by atoms with E-state index in [9.17, 15) is 24.3 Å². The minimum absolute atomic E-state index is 0.0342. The van der Waals surface area contributed by atoms with Crippen molar-refractivity contribution >= 4 is 23.7 Å². The molecule has 2 bridgehead atoms. The SMILES string of the molecule is C=CCCC(=O)N(C)[C@@H](C)[C@@H](OC(=O)[C@@H]1[C@H]2C(=O)N(CCCCO)[C@H](C(=O)N(CC=C)C(C)(C)CC(C)(C)C)[C@]23CC[C@H]1O3)c1ccccc1. The number of amides is 3. The Balaban J connectivity index is 1.71. The van der Waals surface area contributed by atoms with Gasteiger partial charge in [-0.2, -0.15) is 0 Å². The van der Waals surface area contributed by atoms with Crippen molar-refractivity contribution in [3.05, 3.63) is 61.2 Å². The largest absolute Gasteiger partial charge is 0.455 e. The maximum absolute atomic E-state index is 14.9. The van der Waals surface area contributed by atoms with Crippen LogP contribution in [0.25, 0.3) is 0 Å². The molecule has 0 unspecified atom stereocenters. The van der Waals surface area contributed by atoms with Gasteiger partial charge in [0.05, 0.1) is 24.0 Å². The summed E-state index contributed by atoms with van der Waals surface area (Å²) in [5.41, 5.74) is -1.11. The Kier molecular flexibility index (Phi) is 12.4. The number of carbonyl (C=O) groups is 4. The Hall–Kier alpha value is -3.50. The lowest BCUT2D eigenvalue weighted by Gasteiger charge is -2.45. The highest BCUT2D eigenvalue weighted by Gasteiger charge is 2.75. The van der Waals surface area contributed by atoms with E-state index < -0.39 is 53.2 Å². The molecule has 3 aliphatic rings. The summed E-state index contributed by atoms with van der Waals surface area (Å²) in [5.74, 6) is -2.98. The minimum Gasteiger partial charge on any atom is -0.455 e. The van der Waals surface area contributed by atoms with E-state index in [0.29, 0.717) is 45.1 Å². The van der Waals surface area contributed by atoms with Gasteiger partial charge in [-0.3, -0.25) is 19.2 Å². The number of allylic oxidation sites excluding steroid dienone is 1. The third kappa shape index (κ3) is 7.86. The second-order valence-electron chi connectivity index (χ2n) is 16.1. The highest BCUT2D eigenvalue weighted by molar-refractivity contribution is 5.98. The number of unbranched alkanes of at least 4 members (excludes halogenated alkanes) is 1. The van der Waals surface area contributed by atoms with Gasteiger partial charge < -0.3 is 29.3 Å². The Morgan fingerprint density at radius 1 is 1.12 bits per heavy atom. The quantitative estimate of drug-likeness (QED) is 0.131. The van der Waals surface area contributed by atoms with Crippen LogP contribution in [0.2, 0.25) is 0 Å². The molecular weight excluding hydrogens is 634 g/mol. The van der Waals surface area contributed by atoms with Gasteiger partial charge in [0.2, 0.25) is 17.7 Å². The number of esters is 1. The number of likely N-dealkylation sites (N-methyl/N-ethyl adjacent to an activating group) is 1. The number of likely N-dealkylation sites (tertiary alicyclic amines) is 1. The number of hydrogen-bond acceptors (Lipinski definition) is 7. The maximum atomic E-state index is 14.9. The Morgan fingerprint density at radius 3 is 2.40 bits per heavy atom. The van der Waals surface area contributed by atoms with E-state index in [0.717, 1.165) is 5.56 Å². The van der Waals surface area contributed by atoms with Gasteiger partial charge in [-0.25, -0.2) is 0 Å². The van der Waals surface area contributed by atoms with Crippen LogP contribution in [0.1, 0.15) is 98.2 Å². The molecule has 50 heavy (non-hydrogen) atoms. The lowest BCUT2D eigenvalue weighted by molar-refractivity contribution is -0.164. The lowest BCUT2D eigenvalue weighted by atomic mass is 9.70. The Labute approximate surface area is 298 Å². The summed E-state index contributed by atoms with van der Waals surface area (Å²) in [6.07, 6.45) is 5.50. The van der Waals surface area contributed by atoms with Crippen molar-refractivity contribution in [1.82, 2.24) is 14.7 Å². The van der Waals surface area contributed by atoms with Gasteiger partial charge in [0.25, 0.3) is 0 Å². The second-order valence-corrected chi connectivity index (χ2v) is 16.1. The number of benzene rings is 1. The summed E-state index contributed by atoms with van der Waals surface area (Å²) >= 11 is 0. The third-order valence-corrected chi connectivity index (χ3v) is 10.8. The Bertz CT molecular complexity index is 1410. The van der Waals surface area contributed by atoms with E-state index in [2.05, 4.69) is 33.9 Å². The van der Waals surface area contributed by atoms with E-state index in [-0.39, 0.29) is 42.7 Å². The van der Waals surface area contributed by atoms with Gasteiger partial charge in [0.1, 0.15) is 17.7 Å². The second kappa shape index (κ2) is 15.8. The molecule has 0 aromatic heterocycles. The van der Waals surface area contributed by atoms with Crippen LogP contribution in [0.5, 0.6) is 0 Å². The molecule has 4 rings (SSSR count). The molecule has 10 nitrogen and oxygen atoms in total. The van der Waals surface area contributed by atoms with Crippen molar-refractivity contribution in [2.45, 2.75) is 122 Å². The molecular formula is C40H59N3O7. The van der Waals surface area contributed by atoms with Gasteiger partial charge in [0, 0.05) is 38.7 Å². The Morgan fingerprint density at radius 2 is 1.80 bits per heavy atom. The average Bonchev–Trinajstić information content (AvgIpc) is 3.70. The molecule has 1 spiro atoms. The molecule has 3 heterocycles. The van der Waals surface area contributed by atoms with Gasteiger partial charge in [-0.05, 0) is 70.3 Å². The summed E-state index contributed by atoms with van der Waals surface area (Å²) in [6.45, 7) is 20.5. The minimum atomic E-state index is -1.19. The van der Waals surface area contributed by atoms with Gasteiger partial charge in [-0.15, -0.1) is 13.2 Å². The molecule has 3 saturated heterocycles. The van der Waals surface area contributed by atoms with E-state index in [1.165, 1.54) is 0 Å². The van der Waals surface area contributed by atoms with Crippen molar-refractivity contribution in [2.75, 3.05) is 26.7 Å². The number of nitrogens with zero attached hydrogens (tertiary/aromatic N) is 3. The van der Waals surface area contributed by atoms with Crippen LogP contribution in [0.15, 0.2) is 55.6 Å². The average molecular weight is 694 g/mol. The number of aliphatic hydroxyl groups excluding tert-OH is 1. The van der Waals surface area contributed by atoms with Crippen LogP contribution in [0.3, 0.4) is 0 Å². The summed E-state index contributed by atoms with van der Waals surface area (Å²) < 4.78 is 13.1. The topological polar surface area (TPSA) is 117 Å². The first kappa shape index (κ1) is 39.3. The number of carbonyl (C=O) groups excluding carboxylic acids is 4. The molecule has 0 aliphatic carbocycles. The number of rotatable bonds is 17. The van der Waals surface area contributed by atoms with Gasteiger partial charge in [0.15, 0.2) is 0 Å². The predicted octanol–water partition coefficient (Wildman–Crippen LogP) is 5.46. The van der Waals surface area contributed by atoms with E-state index >= 15 is 0 Å². The summed E-state index contributed by atoms with van der Waals surface area (Å²) in [5, 5.41) is 9.57. The monoisotopic (exact) mass is 693 g/mol. The van der Waals surface area contributed by atoms with Crippen LogP contribution in [0, 0.1) is 17.3 Å². The maximum Gasteiger partial charge on any atom is 0.313 e. The summed E-state index contributed by atoms with van der Waals surface area (Å²) in [6, 6.07) is 7.87. The molecule has 1 aromatic carbocycles. The summed E-state index contributed by atoms with van der Waals surface area (Å²) in [4.78, 5) is 62.0. The van der Waals surface area contributed by atoms with Crippen molar-refractivity contribution in [1.29, 1.82) is 0 Å². The van der Waals surface area contributed by atoms with Crippen molar-refractivity contribution in [2.24, 2.45) is 17.3 Å². The molecule has 0 saturated carbocycles. The molecule has 3 aliphatic heterocycles. The third-order valence-electron chi connectivity index (χ3n) is 10.8. The van der Waals surface area contributed by atoms with Crippen molar-refractivity contribution < 1.29 is 33.8 Å². The molecule has 7 atom stereocenters. The number of ether oxygens (including phenoxy) is 2. The lowest BCUT2D eigenvalue weighted by Crippen LogP contribution is -2.61. The van der Waals surface area contributed by atoms with Crippen LogP contribution in [-0.2, 0) is 28.7 Å². The fourth-order valence-electron chi connectivity index (χ4n) is 8.76. The van der Waals surface area contributed by atoms with Crippen molar-refractivity contribution in [3.63, 3.8) is 0 Å². The molecule has 1 N–H and O–H groups in total. The van der Waals surface area contributed by atoms with Crippen LogP contribution < -0.4 is 0 Å². The van der Waals surface area contributed by atoms with Gasteiger partial charge >= 0.3 is 5.97 Å². The first-order chi connectivity index (χ1) is 23.5. The van der Waals surface area contributed by atoms with Crippen LogP contribution in [0.4, 0.5) is 0 Å². The smallest absolute Gasteiger partial charge is 0.313 e. The highest BCUT2D eigenvalue weighted by Crippen LogP contribution is 2.59. The van der Waals surface area contributed by atoms with Crippen LogP contribution in [-0.4, -0.2) is 99.6 Å². The molecule has 276 valence electrons. The first-order valence-electron chi connectivity index (χ1n) is 18.2. The first-order valence-corrected chi connectivity index (χ1v) is 18.2. The summed E-state index contributed by atoms with van der Waals surface area (Å²) in [7, 11) is 1.70. The molecule has 10 heteroatoms. The standard InChI is InChI=1S/C40H59N3O7/c1-10-12-20-30(45)41(9)27(3)33(28-18-14-13-15-19-28)49-37(48)31-29-21-22-40(50-29)32(31)35(46)42(24-16-17-25-44)34(40)36(47)43(23-11-2)39(7,8)26-38(4,5)6/h10-11,13-15,18-19,27,29,31-34,44H,1-2,12,16-17,20-26H2,3-9H3/t27-,29+,31-,32-,33+,34+,40-/m0/s1. The molecule has 1 aromatic rings. The number of aliphatic hydroxyl groups is 1. The van der Waals surface area contributed by atoms with Gasteiger partial charge in [-0.1, -0.05) is 63.3 Å². The van der Waals surface area contributed by atoms with E-state index in [1.54, 1.807) is 29.0 Å². The van der Waals surface area contributed by atoms with Crippen LogP contribution >= 0.6 is 0 Å². The number of hydrogen-bond donors (Lipinski definition) is 1. The fourth-order valence-corrected chi connectivity index (χ4v) is 8.76. The molecule has 3 fully saturated rings. The normalized spacial score (nSPS) is 25.5. The zero-order valence-electron chi connectivity index (χ0n) is 31.2. The highest BCUT2D eigenvalue weighted by atomic mass is 16.6. The predicted molar refractivity (Wildman–Crippen MR) is 193 cm³/mol. The van der Waals surface area contributed by atoms with E-state index in [4.69, 9.17) is 9.47 Å². The molecule has 3 amide bonds. The molecule has 0 radical (unpaired) electrons. The fraction of sp³-hybridized carbons (Fsp3) is 0.650. The van der Waals surface area contributed by atoms with E-state index in [1.807, 2.05) is 56.0 Å². The van der Waals surface area contributed by atoms with Crippen molar-refractivity contribution in [3.8, 4) is 0 Å².